The van der Waals surface area contributed by atoms with Crippen molar-refractivity contribution in [1.82, 2.24) is 34.0 Å². The molecule has 2 aliphatic rings. The summed E-state index contributed by atoms with van der Waals surface area (Å²) < 4.78 is 19.9. The summed E-state index contributed by atoms with van der Waals surface area (Å²) in [6.07, 6.45) is 3.27. The second-order valence-corrected chi connectivity index (χ2v) is 11.1. The standard InChI is InChI=1S/C23H23FN10O6S2/c1-31(2)13(35)7-33-10-26-18-12(33)4-3-5-32(18)6-11-8-41-21-15(20(37)34(21)16(11)22(38)39)27-19(36)14(29-40-9-24)17-28-23(25)42-30-17/h3-5,10,15,21H,6-9H2,1-2H3,(H3-,25,27,28,30,36,38,39)/p+1/b29-14-. The number of alkyl halides is 1. The molecule has 1 fully saturated rings. The van der Waals surface area contributed by atoms with Crippen molar-refractivity contribution < 1.29 is 38.1 Å². The molecule has 2 unspecified atom stereocenters. The number of nitrogens with zero attached hydrogens (tertiary/aromatic N) is 8. The number of nitrogens with one attached hydrogen (secondary N) is 1. The van der Waals surface area contributed by atoms with Gasteiger partial charge >= 0.3 is 11.6 Å². The Hall–Kier alpha value is -4.65. The molecule has 0 radical (unpaired) electrons. The van der Waals surface area contributed by atoms with Gasteiger partial charge in [-0.05, 0) is 17.1 Å². The Balaban J connectivity index is 1.37. The van der Waals surface area contributed by atoms with Gasteiger partial charge in [0, 0.05) is 37.0 Å². The molecule has 0 aliphatic carbocycles. The number of amides is 3. The molecule has 1 saturated heterocycles. The number of imidazole rings is 1. The third kappa shape index (κ3) is 5.34. The minimum Gasteiger partial charge on any atom is -0.477 e. The second kappa shape index (κ2) is 11.7. The highest BCUT2D eigenvalue weighted by atomic mass is 32.2. The number of carboxylic acid groups (broad SMARTS) is 1. The van der Waals surface area contributed by atoms with Gasteiger partial charge in [0.25, 0.3) is 18.7 Å². The van der Waals surface area contributed by atoms with Crippen LogP contribution in [0.1, 0.15) is 5.82 Å². The van der Waals surface area contributed by atoms with E-state index in [1.165, 1.54) is 16.7 Å². The molecule has 19 heteroatoms. The van der Waals surface area contributed by atoms with Crippen LogP contribution in [0.3, 0.4) is 0 Å². The maximum atomic E-state index is 13.2. The minimum absolute atomic E-state index is 0.0330. The average Bonchev–Trinajstić information content (AvgIpc) is 3.58. The number of hydrogen-bond acceptors (Lipinski definition) is 12. The first-order valence-corrected chi connectivity index (χ1v) is 14.0. The number of rotatable bonds is 10. The molecule has 0 spiro atoms. The Bertz CT molecular complexity index is 1650. The van der Waals surface area contributed by atoms with Crippen LogP contribution in [0, 0.1) is 0 Å². The van der Waals surface area contributed by atoms with E-state index in [0.717, 1.165) is 16.4 Å². The number of halogens is 1. The van der Waals surface area contributed by atoms with Gasteiger partial charge in [-0.15, -0.1) is 11.8 Å². The predicted molar refractivity (Wildman–Crippen MR) is 146 cm³/mol. The van der Waals surface area contributed by atoms with Gasteiger partial charge in [0.1, 0.15) is 35.7 Å². The van der Waals surface area contributed by atoms with Gasteiger partial charge in [-0.2, -0.15) is 9.36 Å². The fourth-order valence-electron chi connectivity index (χ4n) is 4.45. The number of carbonyl (C=O) groups excluding carboxylic acids is 3. The number of aromatic nitrogens is 5. The van der Waals surface area contributed by atoms with Crippen molar-refractivity contribution in [3.05, 3.63) is 41.8 Å². The molecule has 2 aliphatic heterocycles. The number of pyridine rings is 1. The Morgan fingerprint density at radius 1 is 1.38 bits per heavy atom. The van der Waals surface area contributed by atoms with Crippen LogP contribution in [0.2, 0.25) is 0 Å². The van der Waals surface area contributed by atoms with E-state index in [0.29, 0.717) is 16.7 Å². The van der Waals surface area contributed by atoms with Crippen molar-refractivity contribution in [1.29, 1.82) is 0 Å². The Kier molecular flexibility index (Phi) is 8.03. The lowest BCUT2D eigenvalue weighted by Gasteiger charge is -2.49. The molecule has 5 rings (SSSR count). The molecule has 3 amide bonds. The molecule has 16 nitrogen and oxygen atoms in total. The smallest absolute Gasteiger partial charge is 0.352 e. The summed E-state index contributed by atoms with van der Waals surface area (Å²) in [4.78, 5) is 65.9. The van der Waals surface area contributed by atoms with Crippen LogP contribution in [0.5, 0.6) is 0 Å². The monoisotopic (exact) mass is 619 g/mol. The van der Waals surface area contributed by atoms with Crippen molar-refractivity contribution in [3.63, 3.8) is 0 Å². The summed E-state index contributed by atoms with van der Waals surface area (Å²) in [7, 11) is 3.31. The molecule has 3 aromatic rings. The average molecular weight is 620 g/mol. The summed E-state index contributed by atoms with van der Waals surface area (Å²) in [5.74, 6) is -2.96. The lowest BCUT2D eigenvalue weighted by Crippen LogP contribution is -2.71. The van der Waals surface area contributed by atoms with E-state index in [1.807, 2.05) is 0 Å². The molecule has 2 atom stereocenters. The summed E-state index contributed by atoms with van der Waals surface area (Å²) in [6, 6.07) is 2.47. The van der Waals surface area contributed by atoms with Gasteiger partial charge in [-0.25, -0.2) is 13.8 Å². The Labute approximate surface area is 244 Å². The largest absolute Gasteiger partial charge is 0.477 e. The van der Waals surface area contributed by atoms with Crippen LogP contribution in [-0.4, -0.2) is 101 Å². The fourth-order valence-corrected chi connectivity index (χ4v) is 6.22. The van der Waals surface area contributed by atoms with Gasteiger partial charge in [-0.1, -0.05) is 5.16 Å². The first-order valence-electron chi connectivity index (χ1n) is 12.2. The maximum absolute atomic E-state index is 13.2. The number of likely N-dealkylation sites (N-methyl/N-ethyl adjacent to an activating group) is 1. The number of carbonyl (C=O) groups is 4. The zero-order valence-electron chi connectivity index (χ0n) is 22.1. The van der Waals surface area contributed by atoms with Gasteiger partial charge in [0.15, 0.2) is 5.13 Å². The van der Waals surface area contributed by atoms with E-state index in [9.17, 15) is 28.7 Å². The van der Waals surface area contributed by atoms with E-state index < -0.39 is 41.8 Å². The third-order valence-electron chi connectivity index (χ3n) is 6.43. The van der Waals surface area contributed by atoms with Gasteiger partial charge in [-0.3, -0.25) is 23.9 Å². The van der Waals surface area contributed by atoms with Crippen molar-refractivity contribution >= 4 is 69.0 Å². The van der Waals surface area contributed by atoms with Crippen LogP contribution in [0.25, 0.3) is 11.2 Å². The molecular weight excluding hydrogens is 595 g/mol. The molecule has 0 saturated carbocycles. The number of oxime groups is 1. The van der Waals surface area contributed by atoms with Crippen molar-refractivity contribution in [2.24, 2.45) is 5.16 Å². The number of carboxylic acids is 1. The zero-order chi connectivity index (χ0) is 30.1. The molecule has 0 aromatic carbocycles. The first kappa shape index (κ1) is 28.9. The molecule has 220 valence electrons. The summed E-state index contributed by atoms with van der Waals surface area (Å²) >= 11 is 2.05. The van der Waals surface area contributed by atoms with Gasteiger partial charge in [0.2, 0.25) is 23.8 Å². The van der Waals surface area contributed by atoms with Crippen LogP contribution in [0.4, 0.5) is 9.52 Å². The highest BCUT2D eigenvalue weighted by Gasteiger charge is 2.54. The molecular formula is C23H24FN10O6S2+. The highest BCUT2D eigenvalue weighted by molar-refractivity contribution is 8.00. The molecule has 3 aromatic heterocycles. The summed E-state index contributed by atoms with van der Waals surface area (Å²) in [5.41, 5.74) is 6.56. The minimum atomic E-state index is -1.32. The first-order chi connectivity index (χ1) is 20.1. The highest BCUT2D eigenvalue weighted by Crippen LogP contribution is 2.40. The third-order valence-corrected chi connectivity index (χ3v) is 8.31. The van der Waals surface area contributed by atoms with Crippen molar-refractivity contribution in [2.75, 3.05) is 32.4 Å². The molecule has 5 heterocycles. The number of nitrogens with two attached hydrogens (primary N) is 1. The van der Waals surface area contributed by atoms with Gasteiger partial charge < -0.3 is 25.9 Å². The number of thioether (sulfide) groups is 1. The number of hydrogen-bond donors (Lipinski definition) is 3. The van der Waals surface area contributed by atoms with Crippen molar-refractivity contribution in [2.45, 2.75) is 24.5 Å². The quantitative estimate of drug-likeness (QED) is 0.108. The lowest BCUT2D eigenvalue weighted by atomic mass is 10.0. The molecule has 42 heavy (non-hydrogen) atoms. The molecule has 4 N–H and O–H groups in total. The summed E-state index contributed by atoms with van der Waals surface area (Å²) in [6.45, 7) is -1.12. The fraction of sp³-hybridized carbons (Fsp3) is 0.348. The topological polar surface area (TPSA) is 202 Å². The second-order valence-electron chi connectivity index (χ2n) is 9.26. The van der Waals surface area contributed by atoms with Crippen LogP contribution >= 0.6 is 23.3 Å². The number of anilines is 1. The van der Waals surface area contributed by atoms with Crippen LogP contribution < -0.4 is 15.6 Å². The maximum Gasteiger partial charge on any atom is 0.352 e. The predicted octanol–water partition coefficient (Wildman–Crippen LogP) is -1.07. The Morgan fingerprint density at radius 3 is 2.83 bits per heavy atom. The van der Waals surface area contributed by atoms with E-state index >= 15 is 0 Å². The van der Waals surface area contributed by atoms with E-state index in [4.69, 9.17) is 5.73 Å². The Morgan fingerprint density at radius 2 is 2.17 bits per heavy atom. The number of aliphatic carboxylic acids is 1. The van der Waals surface area contributed by atoms with Gasteiger partial charge in [0.05, 0.1) is 6.20 Å². The summed E-state index contributed by atoms with van der Waals surface area (Å²) in [5, 5.41) is 15.3. The lowest BCUT2D eigenvalue weighted by molar-refractivity contribution is -0.664. The van der Waals surface area contributed by atoms with E-state index in [1.54, 1.807) is 47.9 Å². The zero-order valence-corrected chi connectivity index (χ0v) is 23.8. The van der Waals surface area contributed by atoms with Crippen LogP contribution in [-0.2, 0) is 37.1 Å². The van der Waals surface area contributed by atoms with Crippen molar-refractivity contribution in [3.8, 4) is 0 Å². The number of β-lactam (4-membered cyclic amide) rings is 1. The number of fused-ring (bicyclic) bond motifs is 2. The number of nitrogen functional groups attached to an aromatic ring is 1. The van der Waals surface area contributed by atoms with Crippen LogP contribution in [0.15, 0.2) is 41.1 Å². The van der Waals surface area contributed by atoms with E-state index in [2.05, 4.69) is 29.7 Å². The normalized spacial score (nSPS) is 18.5. The van der Waals surface area contributed by atoms with E-state index in [-0.39, 0.29) is 41.4 Å². The molecule has 0 bridgehead atoms. The SMILES string of the molecule is CN(C)C(=O)Cn1cnc2c1ccc[n+]2CC1=C(C(=O)O)N2C(=O)C(NC(=O)/C(=N\OCF)c3nsc(N)n3)C2SC1.